The average Bonchev–Trinajstić information content (AvgIpc) is 2.85. The molecule has 31 heavy (non-hydrogen) atoms. The first-order chi connectivity index (χ1) is 15.1. The Kier molecular flexibility index (Phi) is 6.22. The minimum atomic E-state index is -3.19. The van der Waals surface area contributed by atoms with Crippen LogP contribution in [0.15, 0.2) is 133 Å². The second-order valence-electron chi connectivity index (χ2n) is 7.55. The maximum absolute atomic E-state index is 13.3. The number of hydrogen-bond donors (Lipinski definition) is 0. The Morgan fingerprint density at radius 1 is 0.613 bits per heavy atom. The second kappa shape index (κ2) is 8.90. The molecule has 0 aromatic heterocycles. The van der Waals surface area contributed by atoms with Gasteiger partial charge >= 0.3 is 198 Å². The molecule has 4 aromatic rings. The molecule has 1 nitrogen and oxygen atoms in total. The van der Waals surface area contributed by atoms with Gasteiger partial charge in [0.2, 0.25) is 0 Å². The van der Waals surface area contributed by atoms with Crippen LogP contribution >= 0.6 is 26.3 Å². The van der Waals surface area contributed by atoms with Crippen molar-refractivity contribution in [3.63, 3.8) is 0 Å². The van der Waals surface area contributed by atoms with E-state index in [0.717, 1.165) is 10.9 Å². The summed E-state index contributed by atoms with van der Waals surface area (Å²) in [4.78, 5) is 13.3. The Labute approximate surface area is 197 Å². The Morgan fingerprint density at radius 2 is 0.935 bits per heavy atom. The van der Waals surface area contributed by atoms with E-state index in [2.05, 4.69) is 101 Å². The molecule has 0 fully saturated rings. The molecule has 0 amide bonds. The predicted octanol–water partition coefficient (Wildman–Crippen LogP) is 6.65. The van der Waals surface area contributed by atoms with E-state index in [1.807, 2.05) is 48.5 Å². The number of carbonyl (C=O) groups is 1. The van der Waals surface area contributed by atoms with Crippen molar-refractivity contribution in [3.05, 3.63) is 139 Å². The number of ketones is 1. The van der Waals surface area contributed by atoms with Crippen LogP contribution in [0.3, 0.4) is 0 Å². The molecule has 0 aliphatic carbocycles. The summed E-state index contributed by atoms with van der Waals surface area (Å²) in [6, 6.07) is 41.2. The van der Waals surface area contributed by atoms with Gasteiger partial charge in [-0.1, -0.05) is 0 Å². The Hall–Kier alpha value is -2.55. The van der Waals surface area contributed by atoms with Crippen LogP contribution in [0.2, 0.25) is 0 Å². The number of halogens is 1. The van der Waals surface area contributed by atoms with Gasteiger partial charge < -0.3 is 0 Å². The van der Waals surface area contributed by atoms with Gasteiger partial charge in [0.05, 0.1) is 0 Å². The van der Waals surface area contributed by atoms with Gasteiger partial charge in [-0.2, -0.15) is 0 Å². The normalized spacial score (nSPS) is 12.5. The first-order valence-corrected chi connectivity index (χ1v) is 15.2. The van der Waals surface area contributed by atoms with E-state index in [-0.39, 0.29) is 5.78 Å². The first-order valence-electron chi connectivity index (χ1n) is 10.2. The van der Waals surface area contributed by atoms with Crippen molar-refractivity contribution in [2.45, 2.75) is 6.42 Å². The monoisotopic (exact) mass is 534 g/mol. The van der Waals surface area contributed by atoms with Crippen LogP contribution in [-0.2, 0) is 0 Å². The van der Waals surface area contributed by atoms with E-state index in [9.17, 15) is 4.79 Å². The molecular weight excluding hydrogens is 510 g/mol. The summed E-state index contributed by atoms with van der Waals surface area (Å²) >= 11 is 2.66. The number of allylic oxidation sites excluding steroid dienone is 1. The second-order valence-corrected chi connectivity index (χ2v) is 17.5. The van der Waals surface area contributed by atoms with Crippen LogP contribution in [0.4, 0.5) is 0 Å². The van der Waals surface area contributed by atoms with Crippen LogP contribution in [0, 0.1) is 0 Å². The third kappa shape index (κ3) is 3.69. The fourth-order valence-electron chi connectivity index (χ4n) is 4.18. The quantitative estimate of drug-likeness (QED) is 0.147. The van der Waals surface area contributed by atoms with E-state index < -0.39 is 4.25 Å². The molecule has 3 heteroatoms. The molecule has 0 radical (unpaired) electrons. The van der Waals surface area contributed by atoms with Crippen molar-refractivity contribution in [2.75, 3.05) is 0 Å². The SMILES string of the molecule is C=C(CC(=O)c1ccccc1)P(I)(c1ccccc1)(c1ccccc1)c1ccccc1. The molecule has 0 saturated heterocycles. The van der Waals surface area contributed by atoms with Gasteiger partial charge in [-0.3, -0.25) is 0 Å². The zero-order valence-electron chi connectivity index (χ0n) is 17.2. The van der Waals surface area contributed by atoms with Gasteiger partial charge in [-0.15, -0.1) is 0 Å². The van der Waals surface area contributed by atoms with Crippen molar-refractivity contribution in [2.24, 2.45) is 0 Å². The van der Waals surface area contributed by atoms with Crippen molar-refractivity contribution in [1.29, 1.82) is 0 Å². The molecule has 4 rings (SSSR count). The molecule has 0 aliphatic rings. The molecular formula is C28H24IOP. The average molecular weight is 534 g/mol. The Balaban J connectivity index is 1.99. The molecule has 154 valence electrons. The van der Waals surface area contributed by atoms with Crippen molar-refractivity contribution in [1.82, 2.24) is 0 Å². The summed E-state index contributed by atoms with van der Waals surface area (Å²) in [6.07, 6.45) is 0.295. The summed E-state index contributed by atoms with van der Waals surface area (Å²) in [5, 5.41) is 4.58. The Morgan fingerprint density at radius 3 is 1.29 bits per heavy atom. The molecule has 0 atom stereocenters. The van der Waals surface area contributed by atoms with Gasteiger partial charge in [-0.25, -0.2) is 0 Å². The fraction of sp³-hybridized carbons (Fsp3) is 0.0357. The Bertz CT molecular complexity index is 1090. The minimum absolute atomic E-state index is 0.0964. The van der Waals surface area contributed by atoms with Gasteiger partial charge in [0.15, 0.2) is 0 Å². The van der Waals surface area contributed by atoms with Gasteiger partial charge in [0.25, 0.3) is 0 Å². The van der Waals surface area contributed by atoms with Crippen LogP contribution in [0.1, 0.15) is 16.8 Å². The van der Waals surface area contributed by atoms with E-state index in [4.69, 9.17) is 0 Å². The van der Waals surface area contributed by atoms with Crippen LogP contribution in [0.5, 0.6) is 0 Å². The number of carbonyl (C=O) groups excluding carboxylic acids is 1. The first kappa shape index (κ1) is 21.7. The predicted molar refractivity (Wildman–Crippen MR) is 144 cm³/mol. The fourth-order valence-corrected chi connectivity index (χ4v) is 12.2. The van der Waals surface area contributed by atoms with E-state index in [1.165, 1.54) is 15.9 Å². The van der Waals surface area contributed by atoms with E-state index in [1.54, 1.807) is 0 Å². The summed E-state index contributed by atoms with van der Waals surface area (Å²) in [7, 11) is 0. The van der Waals surface area contributed by atoms with Crippen LogP contribution in [-0.4, -0.2) is 5.78 Å². The molecule has 0 heterocycles. The van der Waals surface area contributed by atoms with E-state index in [0.29, 0.717) is 6.42 Å². The van der Waals surface area contributed by atoms with Crippen molar-refractivity contribution < 1.29 is 4.79 Å². The summed E-state index contributed by atoms with van der Waals surface area (Å²) < 4.78 is -3.19. The van der Waals surface area contributed by atoms with Crippen LogP contribution < -0.4 is 15.9 Å². The number of hydrogen-bond acceptors (Lipinski definition) is 1. The van der Waals surface area contributed by atoms with Gasteiger partial charge in [0.1, 0.15) is 0 Å². The van der Waals surface area contributed by atoms with Crippen molar-refractivity contribution >= 4 is 48.0 Å². The standard InChI is InChI=1S/C28H24IOP/c1-23(22-28(30)24-14-6-2-7-15-24)31(29,25-16-8-3-9-17-25,26-18-10-4-11-19-26)27-20-12-5-13-21-27/h2-21H,1,22H2. The summed E-state index contributed by atoms with van der Waals surface area (Å²) in [5.41, 5.74) is 0.722. The van der Waals surface area contributed by atoms with Crippen LogP contribution in [0.25, 0.3) is 0 Å². The third-order valence-corrected chi connectivity index (χ3v) is 18.0. The maximum atomic E-state index is 13.3. The van der Waals surface area contributed by atoms with Gasteiger partial charge in [0, 0.05) is 0 Å². The molecule has 0 N–H and O–H groups in total. The molecule has 0 spiro atoms. The summed E-state index contributed by atoms with van der Waals surface area (Å²) in [6.45, 7) is 4.62. The number of benzene rings is 4. The number of Topliss-reactive ketones (excluding diaryl/α,β-unsaturated/α-hetero) is 1. The van der Waals surface area contributed by atoms with Crippen molar-refractivity contribution in [3.8, 4) is 0 Å². The topological polar surface area (TPSA) is 17.1 Å². The van der Waals surface area contributed by atoms with Gasteiger partial charge in [-0.05, 0) is 0 Å². The third-order valence-electron chi connectivity index (χ3n) is 5.78. The molecule has 4 aromatic carbocycles. The zero-order chi connectivity index (χ0) is 21.8. The molecule has 0 bridgehead atoms. The molecule has 0 saturated carbocycles. The number of rotatable bonds is 7. The zero-order valence-corrected chi connectivity index (χ0v) is 20.2. The molecule has 0 aliphatic heterocycles. The molecule has 0 unspecified atom stereocenters. The van der Waals surface area contributed by atoms with E-state index >= 15 is 0 Å². The summed E-state index contributed by atoms with van der Waals surface area (Å²) in [5.74, 6) is 0.0964.